The van der Waals surface area contributed by atoms with E-state index in [-0.39, 0.29) is 16.9 Å². The molecule has 0 saturated heterocycles. The fourth-order valence-corrected chi connectivity index (χ4v) is 2.62. The number of H-pyrrole nitrogens is 1. The maximum Gasteiger partial charge on any atom is 0.260 e. The first-order valence-corrected chi connectivity index (χ1v) is 6.18. The third-order valence-electron chi connectivity index (χ3n) is 2.51. The molecular formula is C12H10FNO2S. The molecule has 0 atom stereocenters. The molecule has 0 spiro atoms. The summed E-state index contributed by atoms with van der Waals surface area (Å²) in [5.74, 6) is -0.813. The van der Waals surface area contributed by atoms with Gasteiger partial charge in [-0.1, -0.05) is 12.1 Å². The lowest BCUT2D eigenvalue weighted by Crippen LogP contribution is -2.18. The third kappa shape index (κ3) is 1.86. The second kappa shape index (κ2) is 4.33. The van der Waals surface area contributed by atoms with Crippen LogP contribution >= 0.6 is 11.8 Å². The molecule has 17 heavy (non-hydrogen) atoms. The van der Waals surface area contributed by atoms with Crippen molar-refractivity contribution in [2.24, 2.45) is 0 Å². The number of nitrogens with one attached hydrogen (secondary N) is 1. The molecule has 0 bridgehead atoms. The number of carbonyl (C=O) groups is 1. The molecule has 1 aromatic carbocycles. The van der Waals surface area contributed by atoms with Crippen LogP contribution in [-0.2, 0) is 0 Å². The Morgan fingerprint density at radius 1 is 1.41 bits per heavy atom. The Labute approximate surface area is 101 Å². The van der Waals surface area contributed by atoms with Crippen molar-refractivity contribution in [2.45, 2.75) is 11.8 Å². The average Bonchev–Trinajstić information content (AvgIpc) is 2.28. The molecule has 88 valence electrons. The quantitative estimate of drug-likeness (QED) is 0.659. The number of rotatable bonds is 2. The van der Waals surface area contributed by atoms with E-state index in [1.807, 2.05) is 0 Å². The molecule has 0 saturated carbocycles. The molecule has 5 heteroatoms. The van der Waals surface area contributed by atoms with Crippen molar-refractivity contribution < 1.29 is 9.18 Å². The summed E-state index contributed by atoms with van der Waals surface area (Å²) in [4.78, 5) is 26.1. The van der Waals surface area contributed by atoms with E-state index in [9.17, 15) is 14.0 Å². The molecule has 2 aromatic rings. The van der Waals surface area contributed by atoms with Crippen molar-refractivity contribution in [1.29, 1.82) is 0 Å². The minimum atomic E-state index is -0.542. The van der Waals surface area contributed by atoms with Gasteiger partial charge in [0, 0.05) is 10.3 Å². The molecule has 0 aliphatic rings. The van der Waals surface area contributed by atoms with E-state index in [0.29, 0.717) is 10.3 Å². The van der Waals surface area contributed by atoms with Gasteiger partial charge in [-0.05, 0) is 19.2 Å². The molecule has 0 aliphatic heterocycles. The minimum absolute atomic E-state index is 0.0931. The molecule has 1 heterocycles. The first-order valence-electron chi connectivity index (χ1n) is 4.95. The lowest BCUT2D eigenvalue weighted by molar-refractivity contribution is 0.101. The van der Waals surface area contributed by atoms with Gasteiger partial charge in [0.1, 0.15) is 5.82 Å². The largest absolute Gasteiger partial charge is 0.319 e. The number of aromatic amines is 1. The van der Waals surface area contributed by atoms with Gasteiger partial charge in [-0.2, -0.15) is 0 Å². The first-order chi connectivity index (χ1) is 8.06. The summed E-state index contributed by atoms with van der Waals surface area (Å²) >= 11 is 1.27. The van der Waals surface area contributed by atoms with E-state index >= 15 is 0 Å². The Morgan fingerprint density at radius 3 is 2.71 bits per heavy atom. The van der Waals surface area contributed by atoms with Crippen molar-refractivity contribution in [3.8, 4) is 0 Å². The van der Waals surface area contributed by atoms with Crippen molar-refractivity contribution in [1.82, 2.24) is 4.98 Å². The first kappa shape index (κ1) is 11.9. The summed E-state index contributed by atoms with van der Waals surface area (Å²) in [5.41, 5.74) is -0.304. The van der Waals surface area contributed by atoms with E-state index < -0.39 is 11.4 Å². The number of benzene rings is 1. The van der Waals surface area contributed by atoms with E-state index in [1.165, 1.54) is 24.8 Å². The lowest BCUT2D eigenvalue weighted by atomic mass is 10.1. The van der Waals surface area contributed by atoms with Crippen LogP contribution in [0.2, 0.25) is 0 Å². The Kier molecular flexibility index (Phi) is 3.02. The number of ketones is 1. The van der Waals surface area contributed by atoms with Gasteiger partial charge >= 0.3 is 0 Å². The van der Waals surface area contributed by atoms with Gasteiger partial charge in [-0.25, -0.2) is 4.39 Å². The highest BCUT2D eigenvalue weighted by Crippen LogP contribution is 2.28. The Hall–Kier alpha value is -1.62. The molecule has 3 nitrogen and oxygen atoms in total. The number of aromatic nitrogens is 1. The van der Waals surface area contributed by atoms with Crippen LogP contribution in [-0.4, -0.2) is 17.0 Å². The van der Waals surface area contributed by atoms with Crippen molar-refractivity contribution in [3.63, 3.8) is 0 Å². The van der Waals surface area contributed by atoms with Crippen molar-refractivity contribution in [3.05, 3.63) is 39.9 Å². The summed E-state index contributed by atoms with van der Waals surface area (Å²) < 4.78 is 13.6. The number of Topliss-reactive ketones (excluding diaryl/α,β-unsaturated/α-hetero) is 1. The predicted octanol–water partition coefficient (Wildman–Crippen LogP) is 2.59. The molecule has 0 fully saturated rings. The van der Waals surface area contributed by atoms with E-state index in [2.05, 4.69) is 4.98 Å². The highest BCUT2D eigenvalue weighted by molar-refractivity contribution is 7.99. The highest BCUT2D eigenvalue weighted by Gasteiger charge is 2.16. The normalized spacial score (nSPS) is 10.8. The zero-order valence-electron chi connectivity index (χ0n) is 9.33. The van der Waals surface area contributed by atoms with Gasteiger partial charge in [0.25, 0.3) is 5.56 Å². The molecule has 1 N–H and O–H groups in total. The Morgan fingerprint density at radius 2 is 2.12 bits per heavy atom. The predicted molar refractivity (Wildman–Crippen MR) is 66.3 cm³/mol. The van der Waals surface area contributed by atoms with E-state index in [1.54, 1.807) is 18.4 Å². The molecule has 0 amide bonds. The van der Waals surface area contributed by atoms with Crippen molar-refractivity contribution in [2.75, 3.05) is 6.26 Å². The van der Waals surface area contributed by atoms with Crippen molar-refractivity contribution >= 4 is 28.4 Å². The number of halogens is 1. The van der Waals surface area contributed by atoms with Crippen LogP contribution in [0.15, 0.2) is 27.9 Å². The monoisotopic (exact) mass is 251 g/mol. The van der Waals surface area contributed by atoms with Gasteiger partial charge in [0.15, 0.2) is 5.78 Å². The SMILES string of the molecule is CSc1c(C(C)=O)c(=O)[nH]c2c(F)cccc12. The van der Waals surface area contributed by atoms with Gasteiger partial charge in [-0.3, -0.25) is 9.59 Å². The van der Waals surface area contributed by atoms with Crippen LogP contribution in [0, 0.1) is 5.82 Å². The zero-order valence-corrected chi connectivity index (χ0v) is 10.2. The third-order valence-corrected chi connectivity index (χ3v) is 3.34. The number of hydrogen-bond donors (Lipinski definition) is 1. The van der Waals surface area contributed by atoms with Crippen LogP contribution < -0.4 is 5.56 Å². The Bertz CT molecular complexity index is 663. The average molecular weight is 251 g/mol. The molecule has 0 unspecified atom stereocenters. The summed E-state index contributed by atoms with van der Waals surface area (Å²) in [7, 11) is 0. The molecular weight excluding hydrogens is 241 g/mol. The summed E-state index contributed by atoms with van der Waals surface area (Å²) in [6.45, 7) is 1.33. The topological polar surface area (TPSA) is 49.9 Å². The standard InChI is InChI=1S/C12H10FNO2S/c1-6(15)9-11(17-2)7-4-3-5-8(13)10(7)14-12(9)16/h3-5H,1-2H3,(H,14,16). The van der Waals surface area contributed by atoms with Gasteiger partial charge in [0.2, 0.25) is 0 Å². The Balaban J connectivity index is 3.01. The van der Waals surface area contributed by atoms with E-state index in [4.69, 9.17) is 0 Å². The highest BCUT2D eigenvalue weighted by atomic mass is 32.2. The number of hydrogen-bond acceptors (Lipinski definition) is 3. The number of pyridine rings is 1. The van der Waals surface area contributed by atoms with Crippen LogP contribution in [0.5, 0.6) is 0 Å². The molecule has 0 aliphatic carbocycles. The maximum absolute atomic E-state index is 13.6. The number of thioether (sulfide) groups is 1. The van der Waals surface area contributed by atoms with Gasteiger partial charge in [0.05, 0.1) is 11.1 Å². The van der Waals surface area contributed by atoms with Crippen LogP contribution in [0.3, 0.4) is 0 Å². The van der Waals surface area contributed by atoms with Crippen LogP contribution in [0.25, 0.3) is 10.9 Å². The fraction of sp³-hybridized carbons (Fsp3) is 0.167. The van der Waals surface area contributed by atoms with Crippen LogP contribution in [0.4, 0.5) is 4.39 Å². The molecule has 0 radical (unpaired) electrons. The summed E-state index contributed by atoms with van der Waals surface area (Å²) in [6, 6.07) is 4.52. The lowest BCUT2D eigenvalue weighted by Gasteiger charge is -2.08. The zero-order chi connectivity index (χ0) is 12.6. The number of carbonyl (C=O) groups excluding carboxylic acids is 1. The smallest absolute Gasteiger partial charge is 0.260 e. The number of fused-ring (bicyclic) bond motifs is 1. The van der Waals surface area contributed by atoms with Gasteiger partial charge < -0.3 is 4.98 Å². The van der Waals surface area contributed by atoms with Gasteiger partial charge in [-0.15, -0.1) is 11.8 Å². The maximum atomic E-state index is 13.6. The summed E-state index contributed by atoms with van der Waals surface area (Å²) in [5, 5.41) is 0.558. The van der Waals surface area contributed by atoms with E-state index in [0.717, 1.165) is 0 Å². The molecule has 1 aromatic heterocycles. The number of para-hydroxylation sites is 1. The fourth-order valence-electron chi connectivity index (χ4n) is 1.79. The summed E-state index contributed by atoms with van der Waals surface area (Å²) in [6.07, 6.45) is 1.76. The molecule has 2 rings (SSSR count). The second-order valence-corrected chi connectivity index (χ2v) is 4.40. The van der Waals surface area contributed by atoms with Crippen LogP contribution in [0.1, 0.15) is 17.3 Å². The minimum Gasteiger partial charge on any atom is -0.319 e. The second-order valence-electron chi connectivity index (χ2n) is 3.58.